The highest BCUT2D eigenvalue weighted by molar-refractivity contribution is 6.03. The number of amidine groups is 1. The molecule has 1 aromatic heterocycles. The number of hydrogen-bond acceptors (Lipinski definition) is 7. The molecule has 0 saturated carbocycles. The van der Waals surface area contributed by atoms with E-state index in [1.54, 1.807) is 0 Å². The van der Waals surface area contributed by atoms with Crippen LogP contribution in [-0.4, -0.2) is 52.0 Å². The lowest BCUT2D eigenvalue weighted by atomic mass is 10.1. The maximum Gasteiger partial charge on any atom is 0.223 e. The Morgan fingerprint density at radius 3 is 2.46 bits per heavy atom. The van der Waals surface area contributed by atoms with E-state index in [9.17, 15) is 0 Å². The molecule has 2 aliphatic heterocycles. The third-order valence-corrected chi connectivity index (χ3v) is 5.05. The van der Waals surface area contributed by atoms with Gasteiger partial charge in [0.1, 0.15) is 17.3 Å². The predicted octanol–water partition coefficient (Wildman–Crippen LogP) is 3.38. The number of rotatable bonds is 2. The number of aromatic nitrogens is 2. The van der Waals surface area contributed by atoms with Gasteiger partial charge in [-0.1, -0.05) is 29.4 Å². The third-order valence-electron chi connectivity index (χ3n) is 5.05. The molecule has 7 nitrogen and oxygen atoms in total. The Balaban J connectivity index is 1.39. The third kappa shape index (κ3) is 3.25. The minimum atomic E-state index is 0.608. The van der Waals surface area contributed by atoms with Crippen molar-refractivity contribution in [3.05, 3.63) is 65.8 Å². The van der Waals surface area contributed by atoms with Crippen LogP contribution < -0.4 is 4.74 Å². The largest absolute Gasteiger partial charge is 0.454 e. The first kappa shape index (κ1) is 16.9. The van der Waals surface area contributed by atoms with E-state index >= 15 is 0 Å². The zero-order chi connectivity index (χ0) is 18.9. The maximum absolute atomic E-state index is 6.15. The highest BCUT2D eigenvalue weighted by atomic mass is 16.5. The van der Waals surface area contributed by atoms with Crippen LogP contribution in [0.5, 0.6) is 11.5 Å². The van der Waals surface area contributed by atoms with Crippen LogP contribution in [0.25, 0.3) is 0 Å². The molecule has 3 heterocycles. The summed E-state index contributed by atoms with van der Waals surface area (Å²) in [5.41, 5.74) is 1.89. The Morgan fingerprint density at radius 1 is 0.929 bits per heavy atom. The number of piperazine rings is 1. The second-order valence-corrected chi connectivity index (χ2v) is 6.99. The average Bonchev–Trinajstić information content (AvgIpc) is 3.05. The van der Waals surface area contributed by atoms with Crippen LogP contribution in [-0.2, 0) is 6.54 Å². The zero-order valence-electron chi connectivity index (χ0n) is 15.7. The van der Waals surface area contributed by atoms with Crippen LogP contribution in [0.2, 0.25) is 0 Å². The van der Waals surface area contributed by atoms with Crippen molar-refractivity contribution in [3.8, 4) is 11.5 Å². The fourth-order valence-electron chi connectivity index (χ4n) is 3.63. The summed E-state index contributed by atoms with van der Waals surface area (Å²) in [5, 5.41) is 4.00. The van der Waals surface area contributed by atoms with Crippen molar-refractivity contribution >= 4 is 11.5 Å². The van der Waals surface area contributed by atoms with E-state index in [0.717, 1.165) is 60.6 Å². The van der Waals surface area contributed by atoms with Gasteiger partial charge in [-0.2, -0.15) is 4.98 Å². The van der Waals surface area contributed by atoms with E-state index in [1.165, 1.54) is 0 Å². The molecular formula is C21H21N5O2. The number of ether oxygens (including phenoxy) is 1. The lowest BCUT2D eigenvalue weighted by Gasteiger charge is -2.36. The summed E-state index contributed by atoms with van der Waals surface area (Å²) >= 11 is 0. The summed E-state index contributed by atoms with van der Waals surface area (Å²) in [5.74, 6) is 3.95. The zero-order valence-corrected chi connectivity index (χ0v) is 15.7. The molecule has 2 aliphatic rings. The van der Waals surface area contributed by atoms with Crippen molar-refractivity contribution in [3.63, 3.8) is 0 Å². The topological polar surface area (TPSA) is 67.0 Å². The number of aryl methyl sites for hydroxylation is 1. The number of aliphatic imine (C=N–C) groups is 1. The first-order chi connectivity index (χ1) is 13.8. The van der Waals surface area contributed by atoms with E-state index in [4.69, 9.17) is 14.3 Å². The lowest BCUT2D eigenvalue weighted by molar-refractivity contribution is 0.170. The van der Waals surface area contributed by atoms with Gasteiger partial charge in [-0.3, -0.25) is 4.90 Å². The van der Waals surface area contributed by atoms with Crippen LogP contribution in [0.3, 0.4) is 0 Å². The van der Waals surface area contributed by atoms with E-state index in [1.807, 2.05) is 49.4 Å². The average molecular weight is 375 g/mol. The molecule has 5 rings (SSSR count). The molecule has 3 aromatic rings. The number of nitrogens with zero attached hydrogens (tertiary/aromatic N) is 5. The molecule has 1 saturated heterocycles. The van der Waals surface area contributed by atoms with Gasteiger partial charge in [-0.15, -0.1) is 0 Å². The van der Waals surface area contributed by atoms with Crippen molar-refractivity contribution in [1.82, 2.24) is 19.9 Å². The summed E-state index contributed by atoms with van der Waals surface area (Å²) in [7, 11) is 0. The van der Waals surface area contributed by atoms with Crippen molar-refractivity contribution in [2.45, 2.75) is 13.5 Å². The second-order valence-electron chi connectivity index (χ2n) is 6.99. The van der Waals surface area contributed by atoms with E-state index in [0.29, 0.717) is 12.4 Å². The second kappa shape index (κ2) is 7.09. The Kier molecular flexibility index (Phi) is 4.29. The first-order valence-electron chi connectivity index (χ1n) is 9.48. The van der Waals surface area contributed by atoms with Gasteiger partial charge >= 0.3 is 0 Å². The molecular weight excluding hydrogens is 354 g/mol. The monoisotopic (exact) mass is 375 g/mol. The molecule has 0 amide bonds. The lowest BCUT2D eigenvalue weighted by Crippen LogP contribution is -2.48. The smallest absolute Gasteiger partial charge is 0.223 e. The Morgan fingerprint density at radius 2 is 1.68 bits per heavy atom. The van der Waals surface area contributed by atoms with Crippen LogP contribution in [0.4, 0.5) is 5.69 Å². The van der Waals surface area contributed by atoms with Gasteiger partial charge in [0.2, 0.25) is 5.89 Å². The van der Waals surface area contributed by atoms with Gasteiger partial charge in [0.05, 0.1) is 12.1 Å². The number of hydrogen-bond donors (Lipinski definition) is 0. The van der Waals surface area contributed by atoms with Crippen molar-refractivity contribution in [2.75, 3.05) is 26.2 Å². The van der Waals surface area contributed by atoms with Gasteiger partial charge in [-0.25, -0.2) is 4.99 Å². The summed E-state index contributed by atoms with van der Waals surface area (Å²) in [6.45, 7) is 6.11. The Labute approximate surface area is 163 Å². The SMILES string of the molecule is Cc1nc(CN2CCN(C3=Nc4ccccc4Oc4ccccc43)CC2)no1. The van der Waals surface area contributed by atoms with E-state index < -0.39 is 0 Å². The van der Waals surface area contributed by atoms with Crippen molar-refractivity contribution in [2.24, 2.45) is 4.99 Å². The molecule has 0 unspecified atom stereocenters. The van der Waals surface area contributed by atoms with Gasteiger partial charge < -0.3 is 14.2 Å². The molecule has 0 atom stereocenters. The normalized spacial score (nSPS) is 16.6. The summed E-state index contributed by atoms with van der Waals surface area (Å²) < 4.78 is 11.2. The number of para-hydroxylation sites is 3. The standard InChI is InChI=1S/C21H21N5O2/c1-15-22-20(24-28-15)14-25-10-12-26(13-11-25)21-16-6-2-4-8-18(16)27-19-9-5-3-7-17(19)23-21/h2-9H,10-14H2,1H3. The molecule has 0 spiro atoms. The number of fused-ring (bicyclic) bond motifs is 2. The molecule has 0 N–H and O–H groups in total. The molecule has 142 valence electrons. The maximum atomic E-state index is 6.15. The van der Waals surface area contributed by atoms with Crippen LogP contribution in [0, 0.1) is 6.92 Å². The van der Waals surface area contributed by atoms with Gasteiger partial charge in [-0.05, 0) is 24.3 Å². The summed E-state index contributed by atoms with van der Waals surface area (Å²) in [6.07, 6.45) is 0. The quantitative estimate of drug-likeness (QED) is 0.684. The highest BCUT2D eigenvalue weighted by Crippen LogP contribution is 2.37. The molecule has 1 fully saturated rings. The summed E-state index contributed by atoms with van der Waals surface area (Å²) in [6, 6.07) is 16.0. The molecule has 0 bridgehead atoms. The first-order valence-corrected chi connectivity index (χ1v) is 9.48. The van der Waals surface area contributed by atoms with Gasteiger partial charge in [0.25, 0.3) is 0 Å². The molecule has 0 aliphatic carbocycles. The Hall–Kier alpha value is -3.19. The highest BCUT2D eigenvalue weighted by Gasteiger charge is 2.26. The van der Waals surface area contributed by atoms with Gasteiger partial charge in [0, 0.05) is 33.1 Å². The van der Waals surface area contributed by atoms with Crippen molar-refractivity contribution in [1.29, 1.82) is 0 Å². The summed E-state index contributed by atoms with van der Waals surface area (Å²) in [4.78, 5) is 14.0. The van der Waals surface area contributed by atoms with E-state index in [-0.39, 0.29) is 0 Å². The fraction of sp³-hybridized carbons (Fsp3) is 0.286. The predicted molar refractivity (Wildman–Crippen MR) is 105 cm³/mol. The molecule has 28 heavy (non-hydrogen) atoms. The molecule has 2 aromatic carbocycles. The van der Waals surface area contributed by atoms with Crippen LogP contribution in [0.1, 0.15) is 17.3 Å². The minimum absolute atomic E-state index is 0.608. The fourth-order valence-corrected chi connectivity index (χ4v) is 3.63. The van der Waals surface area contributed by atoms with Crippen LogP contribution >= 0.6 is 0 Å². The van der Waals surface area contributed by atoms with Crippen LogP contribution in [0.15, 0.2) is 58.0 Å². The Bertz CT molecular complexity index is 1020. The van der Waals surface area contributed by atoms with E-state index in [2.05, 4.69) is 26.0 Å². The van der Waals surface area contributed by atoms with Crippen molar-refractivity contribution < 1.29 is 9.26 Å². The number of benzene rings is 2. The minimum Gasteiger partial charge on any atom is -0.454 e. The molecule has 0 radical (unpaired) electrons. The molecule has 7 heteroatoms. The van der Waals surface area contributed by atoms with Gasteiger partial charge in [0.15, 0.2) is 11.6 Å².